The Bertz CT molecular complexity index is 705. The Hall–Kier alpha value is -2.37. The highest BCUT2D eigenvalue weighted by Gasteiger charge is 2.39. The molecule has 2 aliphatic carbocycles. The van der Waals surface area contributed by atoms with Gasteiger partial charge in [0.2, 0.25) is 11.8 Å². The van der Waals surface area contributed by atoms with E-state index < -0.39 is 6.04 Å². The third-order valence-corrected chi connectivity index (χ3v) is 5.78. The second kappa shape index (κ2) is 7.71. The fourth-order valence-electron chi connectivity index (χ4n) is 3.77. The molecule has 1 aliphatic heterocycles. The first-order valence-electron chi connectivity index (χ1n) is 10.1. The summed E-state index contributed by atoms with van der Waals surface area (Å²) in [5.41, 5.74) is 0.558. The largest absolute Gasteiger partial charge is 0.352 e. The Kier molecular flexibility index (Phi) is 5.14. The molecule has 3 amide bonds. The minimum Gasteiger partial charge on any atom is -0.352 e. The van der Waals surface area contributed by atoms with Crippen molar-refractivity contribution in [1.82, 2.24) is 15.5 Å². The summed E-state index contributed by atoms with van der Waals surface area (Å²) in [7, 11) is 0. The maximum atomic E-state index is 12.8. The molecule has 3 aliphatic rings. The van der Waals surface area contributed by atoms with Crippen LogP contribution in [0.25, 0.3) is 0 Å². The van der Waals surface area contributed by atoms with Gasteiger partial charge in [0.1, 0.15) is 6.04 Å². The Morgan fingerprint density at radius 1 is 0.926 bits per heavy atom. The van der Waals surface area contributed by atoms with Gasteiger partial charge in [-0.15, -0.1) is 0 Å². The van der Waals surface area contributed by atoms with Crippen molar-refractivity contribution in [2.45, 2.75) is 50.6 Å². The molecule has 1 atom stereocenters. The number of carbonyl (C=O) groups excluding carboxylic acids is 3. The summed E-state index contributed by atoms with van der Waals surface area (Å²) in [4.78, 5) is 39.6. The standard InChI is InChI=1S/C21H27N3O3/c25-19(15-4-2-1-3-5-15)23-18(20(26)22-17-8-9-17)14-10-12-24(13-11-14)21(27)16-6-7-16/h1-5,14,16-18H,6-13H2,(H,22,26)(H,23,25)/t18-/m0/s1. The molecule has 2 saturated carbocycles. The molecule has 0 spiro atoms. The van der Waals surface area contributed by atoms with Crippen molar-refractivity contribution < 1.29 is 14.4 Å². The van der Waals surface area contributed by atoms with Crippen molar-refractivity contribution in [3.63, 3.8) is 0 Å². The number of benzene rings is 1. The van der Waals surface area contributed by atoms with E-state index in [-0.39, 0.29) is 35.6 Å². The van der Waals surface area contributed by atoms with Crippen molar-refractivity contribution in [3.8, 4) is 0 Å². The smallest absolute Gasteiger partial charge is 0.251 e. The highest BCUT2D eigenvalue weighted by Crippen LogP contribution is 2.33. The van der Waals surface area contributed by atoms with Gasteiger partial charge in [-0.05, 0) is 56.6 Å². The maximum absolute atomic E-state index is 12.8. The number of amides is 3. The van der Waals surface area contributed by atoms with Crippen LogP contribution < -0.4 is 10.6 Å². The molecule has 6 heteroatoms. The Morgan fingerprint density at radius 2 is 1.59 bits per heavy atom. The van der Waals surface area contributed by atoms with Crippen molar-refractivity contribution in [3.05, 3.63) is 35.9 Å². The first kappa shape index (κ1) is 18.0. The number of nitrogens with zero attached hydrogens (tertiary/aromatic N) is 1. The van der Waals surface area contributed by atoms with Crippen LogP contribution in [-0.2, 0) is 9.59 Å². The zero-order valence-electron chi connectivity index (χ0n) is 15.5. The highest BCUT2D eigenvalue weighted by molar-refractivity contribution is 5.97. The van der Waals surface area contributed by atoms with Crippen LogP contribution in [0.4, 0.5) is 0 Å². The average molecular weight is 369 g/mol. The molecule has 6 nitrogen and oxygen atoms in total. The van der Waals surface area contributed by atoms with Gasteiger partial charge in [-0.1, -0.05) is 18.2 Å². The van der Waals surface area contributed by atoms with Gasteiger partial charge in [-0.2, -0.15) is 0 Å². The average Bonchev–Trinajstić information content (AvgIpc) is 3.60. The number of hydrogen-bond acceptors (Lipinski definition) is 3. The number of hydrogen-bond donors (Lipinski definition) is 2. The molecule has 1 heterocycles. The topological polar surface area (TPSA) is 78.5 Å². The third-order valence-electron chi connectivity index (χ3n) is 5.78. The van der Waals surface area contributed by atoms with Crippen LogP contribution in [0.15, 0.2) is 30.3 Å². The molecule has 0 radical (unpaired) electrons. The minimum absolute atomic E-state index is 0.0552. The lowest BCUT2D eigenvalue weighted by molar-refractivity contribution is -0.134. The number of nitrogens with one attached hydrogen (secondary N) is 2. The summed E-state index contributed by atoms with van der Waals surface area (Å²) in [6, 6.07) is 8.71. The number of piperidine rings is 1. The summed E-state index contributed by atoms with van der Waals surface area (Å²) in [5.74, 6) is 0.241. The fourth-order valence-corrected chi connectivity index (χ4v) is 3.77. The summed E-state index contributed by atoms with van der Waals surface area (Å²) in [6.07, 6.45) is 5.54. The zero-order chi connectivity index (χ0) is 18.8. The number of likely N-dealkylation sites (tertiary alicyclic amines) is 1. The van der Waals surface area contributed by atoms with Crippen LogP contribution in [0.1, 0.15) is 48.9 Å². The summed E-state index contributed by atoms with van der Waals surface area (Å²) < 4.78 is 0. The normalized spacial score (nSPS) is 21.4. The lowest BCUT2D eigenvalue weighted by Crippen LogP contribution is -2.54. The third kappa shape index (κ3) is 4.49. The predicted molar refractivity (Wildman–Crippen MR) is 101 cm³/mol. The van der Waals surface area contributed by atoms with E-state index in [0.29, 0.717) is 18.7 Å². The number of carbonyl (C=O) groups is 3. The second-order valence-corrected chi connectivity index (χ2v) is 8.04. The van der Waals surface area contributed by atoms with Gasteiger partial charge in [-0.25, -0.2) is 0 Å². The van der Waals surface area contributed by atoms with E-state index in [0.717, 1.165) is 38.5 Å². The predicted octanol–water partition coefficient (Wildman–Crippen LogP) is 1.71. The lowest BCUT2D eigenvalue weighted by atomic mass is 9.88. The Balaban J connectivity index is 1.40. The van der Waals surface area contributed by atoms with Crippen molar-refractivity contribution >= 4 is 17.7 Å². The van der Waals surface area contributed by atoms with Crippen molar-refractivity contribution in [2.24, 2.45) is 11.8 Å². The van der Waals surface area contributed by atoms with E-state index >= 15 is 0 Å². The van der Waals surface area contributed by atoms with Crippen molar-refractivity contribution in [1.29, 1.82) is 0 Å². The van der Waals surface area contributed by atoms with Gasteiger partial charge in [0.05, 0.1) is 0 Å². The van der Waals surface area contributed by atoms with E-state index in [2.05, 4.69) is 10.6 Å². The molecule has 144 valence electrons. The Labute approximate surface area is 159 Å². The van der Waals surface area contributed by atoms with Crippen molar-refractivity contribution in [2.75, 3.05) is 13.1 Å². The van der Waals surface area contributed by atoms with Gasteiger partial charge in [0.15, 0.2) is 0 Å². The van der Waals surface area contributed by atoms with E-state index in [1.807, 2.05) is 23.1 Å². The SMILES string of the molecule is O=C(N[C@H](C(=O)NC1CC1)C1CCN(C(=O)C2CC2)CC1)c1ccccc1. The van der Waals surface area contributed by atoms with Gasteiger partial charge in [0.25, 0.3) is 5.91 Å². The van der Waals surface area contributed by atoms with Crippen LogP contribution in [0.2, 0.25) is 0 Å². The molecule has 1 aromatic carbocycles. The molecule has 27 heavy (non-hydrogen) atoms. The monoisotopic (exact) mass is 369 g/mol. The van der Waals surface area contributed by atoms with Gasteiger partial charge in [-0.3, -0.25) is 14.4 Å². The van der Waals surface area contributed by atoms with Gasteiger partial charge >= 0.3 is 0 Å². The van der Waals surface area contributed by atoms with Crippen LogP contribution in [-0.4, -0.2) is 47.8 Å². The molecule has 2 N–H and O–H groups in total. The molecule has 1 saturated heterocycles. The van der Waals surface area contributed by atoms with Crippen LogP contribution in [0, 0.1) is 11.8 Å². The molecule has 0 aromatic heterocycles. The summed E-state index contributed by atoms with van der Waals surface area (Å²) in [6.45, 7) is 1.35. The first-order chi connectivity index (χ1) is 13.1. The molecular formula is C21H27N3O3. The van der Waals surface area contributed by atoms with E-state index in [1.165, 1.54) is 0 Å². The molecule has 1 aromatic rings. The van der Waals surface area contributed by atoms with Gasteiger partial charge < -0.3 is 15.5 Å². The van der Waals surface area contributed by atoms with Crippen LogP contribution in [0.3, 0.4) is 0 Å². The molecule has 0 unspecified atom stereocenters. The lowest BCUT2D eigenvalue weighted by Gasteiger charge is -2.36. The second-order valence-electron chi connectivity index (χ2n) is 8.04. The summed E-state index contributed by atoms with van der Waals surface area (Å²) in [5, 5.41) is 6.00. The quantitative estimate of drug-likeness (QED) is 0.801. The van der Waals surface area contributed by atoms with E-state index in [4.69, 9.17) is 0 Å². The minimum atomic E-state index is -0.545. The molecule has 4 rings (SSSR count). The Morgan fingerprint density at radius 3 is 2.19 bits per heavy atom. The van der Waals surface area contributed by atoms with Gasteiger partial charge in [0, 0.05) is 30.6 Å². The van der Waals surface area contributed by atoms with E-state index in [9.17, 15) is 14.4 Å². The van der Waals surface area contributed by atoms with Crippen LogP contribution in [0.5, 0.6) is 0 Å². The highest BCUT2D eigenvalue weighted by atomic mass is 16.2. The fraction of sp³-hybridized carbons (Fsp3) is 0.571. The number of rotatable bonds is 6. The van der Waals surface area contributed by atoms with Crippen LogP contribution >= 0.6 is 0 Å². The maximum Gasteiger partial charge on any atom is 0.251 e. The van der Waals surface area contributed by atoms with E-state index in [1.54, 1.807) is 12.1 Å². The molecule has 3 fully saturated rings. The zero-order valence-corrected chi connectivity index (χ0v) is 15.5. The molecule has 0 bridgehead atoms. The summed E-state index contributed by atoms with van der Waals surface area (Å²) >= 11 is 0. The first-order valence-corrected chi connectivity index (χ1v) is 10.1. The molecular weight excluding hydrogens is 342 g/mol.